The van der Waals surface area contributed by atoms with Gasteiger partial charge in [0.25, 0.3) is 15.9 Å². The fourth-order valence-electron chi connectivity index (χ4n) is 2.62. The predicted molar refractivity (Wildman–Crippen MR) is 109 cm³/mol. The molecular weight excluding hydrogens is 416 g/mol. The molecule has 0 saturated carbocycles. The summed E-state index contributed by atoms with van der Waals surface area (Å²) in [4.78, 5) is 17.3. The van der Waals surface area contributed by atoms with E-state index in [9.17, 15) is 13.2 Å². The Morgan fingerprint density at radius 1 is 1.24 bits per heavy atom. The second kappa shape index (κ2) is 8.75. The molecule has 8 nitrogen and oxygen atoms in total. The Morgan fingerprint density at radius 3 is 2.69 bits per heavy atom. The third kappa shape index (κ3) is 4.65. The number of carbonyl (C=O) groups excluding carboxylic acids is 1. The minimum atomic E-state index is -4.00. The second-order valence-electron chi connectivity index (χ2n) is 6.06. The highest BCUT2D eigenvalue weighted by atomic mass is 35.5. The highest BCUT2D eigenvalue weighted by molar-refractivity contribution is 7.89. The van der Waals surface area contributed by atoms with Crippen LogP contribution in [0, 0.1) is 0 Å². The average molecular weight is 435 g/mol. The summed E-state index contributed by atoms with van der Waals surface area (Å²) in [5.41, 5.74) is 1.60. The zero-order chi connectivity index (χ0) is 21.0. The summed E-state index contributed by atoms with van der Waals surface area (Å²) in [5, 5.41) is 6.98. The minimum absolute atomic E-state index is 0.00969. The molecule has 0 aliphatic heterocycles. The van der Waals surface area contributed by atoms with Gasteiger partial charge < -0.3 is 5.32 Å². The van der Waals surface area contributed by atoms with Gasteiger partial charge in [0.2, 0.25) is 0 Å². The molecule has 1 amide bonds. The quantitative estimate of drug-likeness (QED) is 0.577. The van der Waals surface area contributed by atoms with E-state index in [-0.39, 0.29) is 15.5 Å². The van der Waals surface area contributed by atoms with Gasteiger partial charge in [-0.05, 0) is 35.9 Å². The molecule has 0 aliphatic carbocycles. The number of rotatable bonds is 7. The number of hydrogen-bond acceptors (Lipinski definition) is 5. The molecule has 0 atom stereocenters. The fourth-order valence-corrected chi connectivity index (χ4v) is 4.10. The predicted octanol–water partition coefficient (Wildman–Crippen LogP) is 3.02. The first-order chi connectivity index (χ1) is 13.8. The van der Waals surface area contributed by atoms with Crippen molar-refractivity contribution in [3.63, 3.8) is 0 Å². The van der Waals surface area contributed by atoms with Crippen LogP contribution in [0.15, 0.2) is 65.8 Å². The van der Waals surface area contributed by atoms with E-state index in [0.717, 1.165) is 5.56 Å². The molecular formula is C19H19ClN4O4S. The molecule has 3 aromatic rings. The van der Waals surface area contributed by atoms with Crippen molar-refractivity contribution in [2.45, 2.75) is 11.4 Å². The fraction of sp³-hybridized carbons (Fsp3) is 0.158. The molecule has 0 radical (unpaired) electrons. The number of halogens is 1. The number of nitrogens with one attached hydrogen (secondary N) is 1. The molecule has 0 fully saturated rings. The van der Waals surface area contributed by atoms with Crippen LogP contribution in [0.4, 0.5) is 5.69 Å². The molecule has 10 heteroatoms. The Labute approximate surface area is 173 Å². The maximum absolute atomic E-state index is 12.8. The van der Waals surface area contributed by atoms with Crippen LogP contribution in [-0.4, -0.2) is 42.7 Å². The van der Waals surface area contributed by atoms with Crippen LogP contribution in [0.2, 0.25) is 5.02 Å². The lowest BCUT2D eigenvalue weighted by molar-refractivity contribution is -0.0258. The number of anilines is 1. The lowest BCUT2D eigenvalue weighted by Crippen LogP contribution is -2.26. The zero-order valence-corrected chi connectivity index (χ0v) is 17.3. The highest BCUT2D eigenvalue weighted by Gasteiger charge is 2.25. The number of para-hydroxylation sites is 1. The Kier molecular flexibility index (Phi) is 6.33. The number of amides is 1. The Hall–Kier alpha value is -2.72. The van der Waals surface area contributed by atoms with Gasteiger partial charge in [0, 0.05) is 30.7 Å². The van der Waals surface area contributed by atoms with Crippen molar-refractivity contribution in [3.8, 4) is 0 Å². The van der Waals surface area contributed by atoms with Gasteiger partial charge in [-0.1, -0.05) is 34.3 Å². The van der Waals surface area contributed by atoms with Crippen LogP contribution >= 0.6 is 11.6 Å². The second-order valence-corrected chi connectivity index (χ2v) is 8.37. The molecule has 0 aliphatic rings. The smallest absolute Gasteiger partial charge is 0.266 e. The van der Waals surface area contributed by atoms with Crippen LogP contribution < -0.4 is 5.32 Å². The van der Waals surface area contributed by atoms with E-state index in [4.69, 9.17) is 16.4 Å². The number of sulfonamides is 1. The van der Waals surface area contributed by atoms with E-state index in [1.807, 2.05) is 24.4 Å². The van der Waals surface area contributed by atoms with Gasteiger partial charge in [-0.25, -0.2) is 8.42 Å². The van der Waals surface area contributed by atoms with Crippen molar-refractivity contribution < 1.29 is 18.0 Å². The minimum Gasteiger partial charge on any atom is -0.322 e. The Balaban J connectivity index is 1.88. The topological polar surface area (TPSA) is 93.5 Å². The summed E-state index contributed by atoms with van der Waals surface area (Å²) in [7, 11) is -1.54. The molecule has 0 spiro atoms. The van der Waals surface area contributed by atoms with Crippen LogP contribution in [0.5, 0.6) is 0 Å². The van der Waals surface area contributed by atoms with Gasteiger partial charge in [0.05, 0.1) is 18.7 Å². The Morgan fingerprint density at radius 2 is 2.00 bits per heavy atom. The number of hydrogen-bond donors (Lipinski definition) is 1. The van der Waals surface area contributed by atoms with E-state index < -0.39 is 15.9 Å². The highest BCUT2D eigenvalue weighted by Crippen LogP contribution is 2.26. The standard InChI is InChI=1S/C19H19ClN4O4S/c1-23(28-2)29(26,27)18-12-14(8-9-16(18)20)19(25)22-17-7-4-3-6-15(17)13-24-11-5-10-21-24/h3-12H,13H2,1-2H3,(H,22,25). The van der Waals surface area contributed by atoms with Crippen LogP contribution in [0.25, 0.3) is 0 Å². The molecule has 2 aromatic carbocycles. The van der Waals surface area contributed by atoms with E-state index in [0.29, 0.717) is 16.7 Å². The molecule has 0 unspecified atom stereocenters. The lowest BCUT2D eigenvalue weighted by Gasteiger charge is -2.16. The number of benzene rings is 2. The zero-order valence-electron chi connectivity index (χ0n) is 15.7. The summed E-state index contributed by atoms with van der Waals surface area (Å²) in [5.74, 6) is -0.467. The first-order valence-corrected chi connectivity index (χ1v) is 10.3. The maximum atomic E-state index is 12.8. The average Bonchev–Trinajstić information content (AvgIpc) is 3.22. The molecule has 0 saturated heterocycles. The van der Waals surface area contributed by atoms with Crippen molar-refractivity contribution in [2.24, 2.45) is 0 Å². The monoisotopic (exact) mass is 434 g/mol. The largest absolute Gasteiger partial charge is 0.322 e. The molecule has 29 heavy (non-hydrogen) atoms. The Bertz CT molecular complexity index is 1120. The molecule has 1 heterocycles. The number of hydroxylamine groups is 1. The summed E-state index contributed by atoms with van der Waals surface area (Å²) < 4.78 is 27.5. The van der Waals surface area contributed by atoms with Gasteiger partial charge in [-0.15, -0.1) is 0 Å². The normalized spacial score (nSPS) is 11.6. The summed E-state index contributed by atoms with van der Waals surface area (Å²) >= 11 is 6.05. The van der Waals surface area contributed by atoms with Gasteiger partial charge in [-0.2, -0.15) is 5.10 Å². The van der Waals surface area contributed by atoms with Crippen LogP contribution in [0.3, 0.4) is 0 Å². The van der Waals surface area contributed by atoms with Crippen LogP contribution in [0.1, 0.15) is 15.9 Å². The number of nitrogens with zero attached hydrogens (tertiary/aromatic N) is 3. The van der Waals surface area contributed by atoms with Gasteiger partial charge in [0.15, 0.2) is 0 Å². The first-order valence-electron chi connectivity index (χ1n) is 8.52. The van der Waals surface area contributed by atoms with E-state index in [1.165, 1.54) is 32.4 Å². The third-order valence-electron chi connectivity index (χ3n) is 4.22. The number of carbonyl (C=O) groups is 1. The molecule has 0 bridgehead atoms. The molecule has 3 rings (SSSR count). The SMILES string of the molecule is CON(C)S(=O)(=O)c1cc(C(=O)Nc2ccccc2Cn2cccn2)ccc1Cl. The van der Waals surface area contributed by atoms with E-state index >= 15 is 0 Å². The van der Waals surface area contributed by atoms with E-state index in [1.54, 1.807) is 23.0 Å². The number of aromatic nitrogens is 2. The summed E-state index contributed by atoms with van der Waals surface area (Å²) in [6.07, 6.45) is 3.50. The molecule has 1 aromatic heterocycles. The van der Waals surface area contributed by atoms with Gasteiger partial charge in [-0.3, -0.25) is 14.3 Å². The molecule has 1 N–H and O–H groups in total. The van der Waals surface area contributed by atoms with Gasteiger partial charge >= 0.3 is 0 Å². The lowest BCUT2D eigenvalue weighted by atomic mass is 10.1. The van der Waals surface area contributed by atoms with Crippen molar-refractivity contribution >= 4 is 33.2 Å². The molecule has 152 valence electrons. The maximum Gasteiger partial charge on any atom is 0.266 e. The van der Waals surface area contributed by atoms with Crippen molar-refractivity contribution in [2.75, 3.05) is 19.5 Å². The first kappa shape index (κ1) is 21.0. The third-order valence-corrected chi connectivity index (χ3v) is 6.39. The van der Waals surface area contributed by atoms with Crippen molar-refractivity contribution in [1.29, 1.82) is 0 Å². The summed E-state index contributed by atoms with van der Waals surface area (Å²) in [6, 6.07) is 13.2. The van der Waals surface area contributed by atoms with Crippen molar-refractivity contribution in [3.05, 3.63) is 77.1 Å². The van der Waals surface area contributed by atoms with Gasteiger partial charge in [0.1, 0.15) is 4.90 Å². The summed E-state index contributed by atoms with van der Waals surface area (Å²) in [6.45, 7) is 0.475. The van der Waals surface area contributed by atoms with Crippen LogP contribution in [-0.2, 0) is 21.4 Å². The van der Waals surface area contributed by atoms with E-state index in [2.05, 4.69) is 10.4 Å². The van der Waals surface area contributed by atoms with Crippen molar-refractivity contribution in [1.82, 2.24) is 14.2 Å².